The van der Waals surface area contributed by atoms with E-state index in [1.165, 1.54) is 6.20 Å². The van der Waals surface area contributed by atoms with Gasteiger partial charge in [-0.15, -0.1) is 0 Å². The third-order valence-electron chi connectivity index (χ3n) is 1.98. The molecule has 4 nitrogen and oxygen atoms in total. The van der Waals surface area contributed by atoms with Gasteiger partial charge in [-0.05, 0) is 12.1 Å². The van der Waals surface area contributed by atoms with Gasteiger partial charge < -0.3 is 4.84 Å². The summed E-state index contributed by atoms with van der Waals surface area (Å²) in [5.74, 6) is 5.56. The zero-order valence-electron chi connectivity index (χ0n) is 9.27. The lowest BCUT2D eigenvalue weighted by molar-refractivity contribution is 0.337. The van der Waals surface area contributed by atoms with Crippen molar-refractivity contribution in [2.24, 2.45) is 5.90 Å². The standard InChI is InChI=1S/C10H7N3O.C2H6/c11-4-7-1-2-8-5-13-6-10(14-12)9(8)3-7;1-2/h1-3,5-6H,12H2;1-2H3. The van der Waals surface area contributed by atoms with Gasteiger partial charge in [0.2, 0.25) is 0 Å². The number of benzene rings is 1. The maximum Gasteiger partial charge on any atom is 0.172 e. The molecule has 2 rings (SSSR count). The molecule has 0 fully saturated rings. The van der Waals surface area contributed by atoms with E-state index in [0.29, 0.717) is 11.3 Å². The number of hydrogen-bond acceptors (Lipinski definition) is 4. The van der Waals surface area contributed by atoms with Gasteiger partial charge in [0.15, 0.2) is 5.75 Å². The second kappa shape index (κ2) is 5.69. The molecule has 0 bridgehead atoms. The first kappa shape index (κ1) is 12.0. The van der Waals surface area contributed by atoms with Crippen LogP contribution >= 0.6 is 0 Å². The van der Waals surface area contributed by atoms with Crippen molar-refractivity contribution in [1.82, 2.24) is 4.98 Å². The number of pyridine rings is 1. The van der Waals surface area contributed by atoms with Gasteiger partial charge in [0.1, 0.15) is 0 Å². The van der Waals surface area contributed by atoms with Crippen LogP contribution in [-0.4, -0.2) is 4.98 Å². The smallest absolute Gasteiger partial charge is 0.172 e. The van der Waals surface area contributed by atoms with E-state index >= 15 is 0 Å². The van der Waals surface area contributed by atoms with Crippen molar-refractivity contribution in [1.29, 1.82) is 5.26 Å². The Bertz CT molecular complexity index is 517. The molecule has 4 heteroatoms. The van der Waals surface area contributed by atoms with E-state index in [9.17, 15) is 0 Å². The molecular formula is C12H13N3O. The molecule has 0 saturated heterocycles. The second-order valence-electron chi connectivity index (χ2n) is 2.80. The molecule has 0 aliphatic rings. The van der Waals surface area contributed by atoms with E-state index in [1.807, 2.05) is 19.9 Å². The maximum atomic E-state index is 8.72. The molecule has 0 aliphatic heterocycles. The Labute approximate surface area is 94.2 Å². The number of fused-ring (bicyclic) bond motifs is 1. The number of aromatic nitrogens is 1. The highest BCUT2D eigenvalue weighted by Gasteiger charge is 2.02. The number of hydrogen-bond donors (Lipinski definition) is 1. The van der Waals surface area contributed by atoms with Gasteiger partial charge in [-0.1, -0.05) is 19.9 Å². The predicted octanol–water partition coefficient (Wildman–Crippen LogP) is 2.39. The second-order valence-corrected chi connectivity index (χ2v) is 2.80. The Hall–Kier alpha value is -2.12. The van der Waals surface area contributed by atoms with Crippen molar-refractivity contribution in [2.45, 2.75) is 13.8 Å². The van der Waals surface area contributed by atoms with Gasteiger partial charge >= 0.3 is 0 Å². The van der Waals surface area contributed by atoms with Crippen LogP contribution in [0.5, 0.6) is 5.75 Å². The first-order chi connectivity index (χ1) is 7.85. The van der Waals surface area contributed by atoms with E-state index in [4.69, 9.17) is 11.2 Å². The monoisotopic (exact) mass is 215 g/mol. The van der Waals surface area contributed by atoms with Crippen LogP contribution in [-0.2, 0) is 0 Å². The summed E-state index contributed by atoms with van der Waals surface area (Å²) in [6.07, 6.45) is 3.21. The molecule has 0 aliphatic carbocycles. The number of nitriles is 1. The summed E-state index contributed by atoms with van der Waals surface area (Å²) >= 11 is 0. The zero-order valence-corrected chi connectivity index (χ0v) is 9.27. The minimum Gasteiger partial charge on any atom is -0.409 e. The first-order valence-corrected chi connectivity index (χ1v) is 5.00. The molecule has 0 spiro atoms. The highest BCUT2D eigenvalue weighted by molar-refractivity contribution is 5.88. The van der Waals surface area contributed by atoms with Crippen molar-refractivity contribution >= 4 is 10.8 Å². The summed E-state index contributed by atoms with van der Waals surface area (Å²) in [7, 11) is 0. The summed E-state index contributed by atoms with van der Waals surface area (Å²) in [6.45, 7) is 4.00. The molecule has 0 atom stereocenters. The average molecular weight is 215 g/mol. The van der Waals surface area contributed by atoms with Crippen molar-refractivity contribution < 1.29 is 4.84 Å². The maximum absolute atomic E-state index is 8.72. The molecule has 0 radical (unpaired) electrons. The molecule has 1 aromatic heterocycles. The van der Waals surface area contributed by atoms with Crippen LogP contribution in [0.1, 0.15) is 19.4 Å². The highest BCUT2D eigenvalue weighted by Crippen LogP contribution is 2.24. The summed E-state index contributed by atoms with van der Waals surface area (Å²) in [5, 5.41) is 10.4. The minimum absolute atomic E-state index is 0.472. The van der Waals surface area contributed by atoms with Crippen molar-refractivity contribution in [3.63, 3.8) is 0 Å². The Balaban J connectivity index is 0.000000606. The van der Waals surface area contributed by atoms with Crippen molar-refractivity contribution in [3.05, 3.63) is 36.2 Å². The van der Waals surface area contributed by atoms with Gasteiger partial charge in [0.05, 0.1) is 17.8 Å². The SMILES string of the molecule is CC.N#Cc1ccc2cncc(ON)c2c1. The first-order valence-electron chi connectivity index (χ1n) is 5.00. The third-order valence-corrected chi connectivity index (χ3v) is 1.98. The van der Waals surface area contributed by atoms with E-state index < -0.39 is 0 Å². The molecule has 0 unspecified atom stereocenters. The largest absolute Gasteiger partial charge is 0.409 e. The van der Waals surface area contributed by atoms with E-state index in [2.05, 4.69) is 15.9 Å². The van der Waals surface area contributed by atoms with Gasteiger partial charge in [-0.3, -0.25) is 4.98 Å². The summed E-state index contributed by atoms with van der Waals surface area (Å²) in [6, 6.07) is 7.31. The van der Waals surface area contributed by atoms with Gasteiger partial charge in [-0.2, -0.15) is 11.2 Å². The van der Waals surface area contributed by atoms with Gasteiger partial charge in [0, 0.05) is 17.0 Å². The molecule has 1 heterocycles. The summed E-state index contributed by atoms with van der Waals surface area (Å²) in [5.41, 5.74) is 0.571. The Morgan fingerprint density at radius 2 is 2.06 bits per heavy atom. The van der Waals surface area contributed by atoms with Crippen LogP contribution < -0.4 is 10.7 Å². The minimum atomic E-state index is 0.472. The van der Waals surface area contributed by atoms with Gasteiger partial charge in [0.25, 0.3) is 0 Å². The van der Waals surface area contributed by atoms with Crippen molar-refractivity contribution in [2.75, 3.05) is 0 Å². The fourth-order valence-electron chi connectivity index (χ4n) is 1.30. The Morgan fingerprint density at radius 1 is 1.31 bits per heavy atom. The average Bonchev–Trinajstić information content (AvgIpc) is 2.39. The Morgan fingerprint density at radius 3 is 2.69 bits per heavy atom. The zero-order chi connectivity index (χ0) is 12.0. The lowest BCUT2D eigenvalue weighted by Gasteiger charge is -2.02. The topological polar surface area (TPSA) is 71.9 Å². The molecule has 16 heavy (non-hydrogen) atoms. The molecule has 2 N–H and O–H groups in total. The van der Waals surface area contributed by atoms with Crippen LogP contribution in [0.2, 0.25) is 0 Å². The third kappa shape index (κ3) is 2.27. The summed E-state index contributed by atoms with van der Waals surface area (Å²) < 4.78 is 0. The van der Waals surface area contributed by atoms with Crippen LogP contribution in [0.25, 0.3) is 10.8 Å². The molecule has 82 valence electrons. The molecule has 1 aromatic carbocycles. The fraction of sp³-hybridized carbons (Fsp3) is 0.167. The van der Waals surface area contributed by atoms with E-state index in [0.717, 1.165) is 10.8 Å². The molecular weight excluding hydrogens is 202 g/mol. The predicted molar refractivity (Wildman–Crippen MR) is 62.6 cm³/mol. The van der Waals surface area contributed by atoms with E-state index in [-0.39, 0.29) is 0 Å². The Kier molecular flexibility index (Phi) is 4.25. The normalized spacial score (nSPS) is 8.88. The molecule has 2 aromatic rings. The van der Waals surface area contributed by atoms with Crippen LogP contribution in [0, 0.1) is 11.3 Å². The molecule has 0 saturated carbocycles. The molecule has 0 amide bonds. The number of nitrogens with two attached hydrogens (primary N) is 1. The lowest BCUT2D eigenvalue weighted by atomic mass is 10.1. The van der Waals surface area contributed by atoms with Crippen LogP contribution in [0.15, 0.2) is 30.6 Å². The quantitative estimate of drug-likeness (QED) is 0.741. The van der Waals surface area contributed by atoms with Crippen LogP contribution in [0.3, 0.4) is 0 Å². The lowest BCUT2D eigenvalue weighted by Crippen LogP contribution is -2.02. The number of rotatable bonds is 1. The fourth-order valence-corrected chi connectivity index (χ4v) is 1.30. The highest BCUT2D eigenvalue weighted by atomic mass is 16.6. The van der Waals surface area contributed by atoms with Crippen molar-refractivity contribution in [3.8, 4) is 11.8 Å². The van der Waals surface area contributed by atoms with Crippen LogP contribution in [0.4, 0.5) is 0 Å². The number of nitrogens with zero attached hydrogens (tertiary/aromatic N) is 2. The summed E-state index contributed by atoms with van der Waals surface area (Å²) in [4.78, 5) is 8.61. The van der Waals surface area contributed by atoms with E-state index in [1.54, 1.807) is 18.3 Å². The van der Waals surface area contributed by atoms with Gasteiger partial charge in [-0.25, -0.2) is 0 Å².